The van der Waals surface area contributed by atoms with Gasteiger partial charge in [0.1, 0.15) is 0 Å². The van der Waals surface area contributed by atoms with Crippen molar-refractivity contribution in [1.82, 2.24) is 0 Å². The molecule has 0 aliphatic carbocycles. The molecule has 2 heteroatoms. The van der Waals surface area contributed by atoms with Crippen molar-refractivity contribution in [2.24, 2.45) is 0 Å². The standard InChI is InChI=1S/C5H9O2/c6-5-3-1-2-4-7-5/h6H,1-4H2. The Bertz CT molecular complexity index is 48.0. The molecule has 7 heavy (non-hydrogen) atoms. The first-order valence-electron chi connectivity index (χ1n) is 2.57. The maximum atomic E-state index is 8.60. The summed E-state index contributed by atoms with van der Waals surface area (Å²) in [6.07, 6.45) is 3.11. The van der Waals surface area contributed by atoms with Gasteiger partial charge in [-0.1, -0.05) is 0 Å². The normalized spacial score (nSPS) is 25.3. The molecule has 1 fully saturated rings. The van der Waals surface area contributed by atoms with Crippen LogP contribution < -0.4 is 0 Å². The van der Waals surface area contributed by atoms with E-state index in [4.69, 9.17) is 9.84 Å². The molecule has 0 aromatic heterocycles. The highest BCUT2D eigenvalue weighted by Gasteiger charge is 2.09. The van der Waals surface area contributed by atoms with E-state index < -0.39 is 0 Å². The molecule has 0 unspecified atom stereocenters. The minimum absolute atomic E-state index is 0.214. The zero-order valence-corrected chi connectivity index (χ0v) is 4.18. The molecule has 0 bridgehead atoms. The SMILES string of the molecule is O[C]1CCCCO1. The predicted octanol–water partition coefficient (Wildman–Crippen LogP) is 1.05. The second-order valence-electron chi connectivity index (χ2n) is 1.70. The van der Waals surface area contributed by atoms with Crippen molar-refractivity contribution < 1.29 is 9.84 Å². The van der Waals surface area contributed by atoms with Crippen LogP contribution in [0.2, 0.25) is 0 Å². The number of hydrogen-bond donors (Lipinski definition) is 1. The maximum Gasteiger partial charge on any atom is 0.221 e. The minimum Gasteiger partial charge on any atom is -0.361 e. The Kier molecular flexibility index (Phi) is 1.65. The van der Waals surface area contributed by atoms with E-state index in [0.717, 1.165) is 19.3 Å². The lowest BCUT2D eigenvalue weighted by molar-refractivity contribution is -0.0243. The average Bonchev–Trinajstić information content (AvgIpc) is 1.69. The third-order valence-corrected chi connectivity index (χ3v) is 1.05. The molecule has 1 aliphatic rings. The van der Waals surface area contributed by atoms with Crippen LogP contribution >= 0.6 is 0 Å². The molecule has 0 aromatic carbocycles. The molecule has 1 N–H and O–H groups in total. The molecule has 1 aliphatic heterocycles. The summed E-state index contributed by atoms with van der Waals surface area (Å²) in [6, 6.07) is 0. The van der Waals surface area contributed by atoms with Gasteiger partial charge in [-0.2, -0.15) is 0 Å². The van der Waals surface area contributed by atoms with E-state index in [0.29, 0.717) is 6.61 Å². The predicted molar refractivity (Wildman–Crippen MR) is 25.0 cm³/mol. The molecular weight excluding hydrogens is 92.1 g/mol. The summed E-state index contributed by atoms with van der Waals surface area (Å²) in [5, 5.41) is 8.60. The monoisotopic (exact) mass is 101 g/mol. The Morgan fingerprint density at radius 2 is 2.29 bits per heavy atom. The van der Waals surface area contributed by atoms with Gasteiger partial charge in [0.25, 0.3) is 0 Å². The molecule has 1 heterocycles. The molecule has 0 atom stereocenters. The zero-order valence-electron chi connectivity index (χ0n) is 4.18. The highest BCUT2D eigenvalue weighted by atomic mass is 16.6. The van der Waals surface area contributed by atoms with E-state index in [-0.39, 0.29) is 6.29 Å². The van der Waals surface area contributed by atoms with Crippen LogP contribution in [0, 0.1) is 6.29 Å². The third kappa shape index (κ3) is 1.45. The molecule has 1 rings (SSSR count). The smallest absolute Gasteiger partial charge is 0.221 e. The van der Waals surface area contributed by atoms with Crippen molar-refractivity contribution in [3.8, 4) is 0 Å². The van der Waals surface area contributed by atoms with Gasteiger partial charge in [0.15, 0.2) is 0 Å². The molecular formula is C5H9O2. The number of ether oxygens (including phenoxy) is 1. The Labute approximate surface area is 43.1 Å². The molecule has 1 saturated heterocycles. The van der Waals surface area contributed by atoms with Gasteiger partial charge in [-0.25, -0.2) is 0 Å². The van der Waals surface area contributed by atoms with Crippen molar-refractivity contribution in [1.29, 1.82) is 0 Å². The van der Waals surface area contributed by atoms with Crippen molar-refractivity contribution in [2.75, 3.05) is 6.61 Å². The van der Waals surface area contributed by atoms with E-state index in [9.17, 15) is 0 Å². The van der Waals surface area contributed by atoms with Crippen molar-refractivity contribution in [3.63, 3.8) is 0 Å². The maximum absolute atomic E-state index is 8.60. The van der Waals surface area contributed by atoms with Crippen LogP contribution in [0.3, 0.4) is 0 Å². The second-order valence-corrected chi connectivity index (χ2v) is 1.70. The lowest BCUT2D eigenvalue weighted by atomic mass is 10.2. The highest BCUT2D eigenvalue weighted by Crippen LogP contribution is 2.14. The molecule has 0 saturated carbocycles. The number of aliphatic hydroxyl groups excluding tert-OH is 1. The summed E-state index contributed by atoms with van der Waals surface area (Å²) < 4.78 is 4.75. The average molecular weight is 101 g/mol. The zero-order chi connectivity index (χ0) is 5.11. The van der Waals surface area contributed by atoms with Gasteiger partial charge in [0, 0.05) is 6.42 Å². The van der Waals surface area contributed by atoms with Crippen LogP contribution in [0.1, 0.15) is 19.3 Å². The molecule has 41 valence electrons. The number of hydrogen-bond acceptors (Lipinski definition) is 2. The fraction of sp³-hybridized carbons (Fsp3) is 0.800. The van der Waals surface area contributed by atoms with E-state index in [1.165, 1.54) is 0 Å². The van der Waals surface area contributed by atoms with Crippen LogP contribution in [0.5, 0.6) is 0 Å². The Balaban J connectivity index is 2.12. The summed E-state index contributed by atoms with van der Waals surface area (Å²) in [5.41, 5.74) is 0. The fourth-order valence-corrected chi connectivity index (χ4v) is 0.640. The quantitative estimate of drug-likeness (QED) is 0.494. The summed E-state index contributed by atoms with van der Waals surface area (Å²) in [5.74, 6) is 0. The highest BCUT2D eigenvalue weighted by molar-refractivity contribution is 4.65. The van der Waals surface area contributed by atoms with Gasteiger partial charge in [0.05, 0.1) is 6.61 Å². The first-order chi connectivity index (χ1) is 3.39. The van der Waals surface area contributed by atoms with Gasteiger partial charge < -0.3 is 9.84 Å². The van der Waals surface area contributed by atoms with Crippen LogP contribution in [-0.4, -0.2) is 11.7 Å². The van der Waals surface area contributed by atoms with E-state index in [1.807, 2.05) is 0 Å². The van der Waals surface area contributed by atoms with Crippen LogP contribution in [-0.2, 0) is 4.74 Å². The van der Waals surface area contributed by atoms with Crippen LogP contribution in [0.25, 0.3) is 0 Å². The summed E-state index contributed by atoms with van der Waals surface area (Å²) in [6.45, 7) is 0.700. The molecule has 2 nitrogen and oxygen atoms in total. The van der Waals surface area contributed by atoms with Gasteiger partial charge in [-0.15, -0.1) is 0 Å². The number of rotatable bonds is 0. The van der Waals surface area contributed by atoms with Crippen LogP contribution in [0.15, 0.2) is 0 Å². The fourth-order valence-electron chi connectivity index (χ4n) is 0.640. The second kappa shape index (κ2) is 2.28. The molecule has 0 spiro atoms. The van der Waals surface area contributed by atoms with Gasteiger partial charge in [-0.3, -0.25) is 0 Å². The van der Waals surface area contributed by atoms with Gasteiger partial charge >= 0.3 is 0 Å². The Morgan fingerprint density at radius 1 is 1.43 bits per heavy atom. The number of aliphatic hydroxyl groups is 1. The lowest BCUT2D eigenvalue weighted by Crippen LogP contribution is -2.09. The molecule has 0 amide bonds. The van der Waals surface area contributed by atoms with Gasteiger partial charge in [0.2, 0.25) is 6.29 Å². The first kappa shape index (κ1) is 5.06. The molecule has 1 radical (unpaired) electrons. The topological polar surface area (TPSA) is 29.5 Å². The Hall–Kier alpha value is -0.0800. The first-order valence-corrected chi connectivity index (χ1v) is 2.57. The van der Waals surface area contributed by atoms with E-state index >= 15 is 0 Å². The summed E-state index contributed by atoms with van der Waals surface area (Å²) >= 11 is 0. The van der Waals surface area contributed by atoms with Crippen molar-refractivity contribution >= 4 is 0 Å². The largest absolute Gasteiger partial charge is 0.361 e. The van der Waals surface area contributed by atoms with Gasteiger partial charge in [-0.05, 0) is 12.8 Å². The van der Waals surface area contributed by atoms with Crippen molar-refractivity contribution in [2.45, 2.75) is 19.3 Å². The Morgan fingerprint density at radius 3 is 2.57 bits per heavy atom. The van der Waals surface area contributed by atoms with Crippen LogP contribution in [0.4, 0.5) is 0 Å². The third-order valence-electron chi connectivity index (χ3n) is 1.05. The summed E-state index contributed by atoms with van der Waals surface area (Å²) in [7, 11) is 0. The summed E-state index contributed by atoms with van der Waals surface area (Å²) in [4.78, 5) is 0. The van der Waals surface area contributed by atoms with Crippen molar-refractivity contribution in [3.05, 3.63) is 6.29 Å². The molecule has 0 aromatic rings. The minimum atomic E-state index is 0.214. The lowest BCUT2D eigenvalue weighted by Gasteiger charge is -2.14. The van der Waals surface area contributed by atoms with E-state index in [1.54, 1.807) is 0 Å². The van der Waals surface area contributed by atoms with E-state index in [2.05, 4.69) is 0 Å².